The van der Waals surface area contributed by atoms with Gasteiger partial charge in [0.1, 0.15) is 12.1 Å². The van der Waals surface area contributed by atoms with Crippen LogP contribution in [0.15, 0.2) is 48.5 Å². The van der Waals surface area contributed by atoms with E-state index < -0.39 is 17.6 Å². The fourth-order valence-corrected chi connectivity index (χ4v) is 4.77. The Kier molecular flexibility index (Phi) is 6.40. The second-order valence-corrected chi connectivity index (χ2v) is 8.89. The molecule has 0 radical (unpaired) electrons. The van der Waals surface area contributed by atoms with Gasteiger partial charge in [-0.15, -0.1) is 0 Å². The first-order valence-corrected chi connectivity index (χ1v) is 11.5. The van der Waals surface area contributed by atoms with Gasteiger partial charge in [-0.25, -0.2) is 9.59 Å². The van der Waals surface area contributed by atoms with Crippen LogP contribution in [-0.2, 0) is 14.3 Å². The first kappa shape index (κ1) is 22.8. The number of nitrogens with one attached hydrogen (secondary N) is 2. The van der Waals surface area contributed by atoms with Crippen LogP contribution in [0, 0.1) is 11.8 Å². The molecule has 0 aliphatic heterocycles. The first-order valence-electron chi connectivity index (χ1n) is 11.5. The topological polar surface area (TPSA) is 105 Å². The third kappa shape index (κ3) is 4.45. The van der Waals surface area contributed by atoms with Crippen molar-refractivity contribution >= 4 is 18.0 Å². The summed E-state index contributed by atoms with van der Waals surface area (Å²) in [5.41, 5.74) is 3.42. The average molecular weight is 451 g/mol. The molecule has 4 rings (SSSR count). The van der Waals surface area contributed by atoms with Crippen LogP contribution in [0.3, 0.4) is 0 Å². The van der Waals surface area contributed by atoms with Crippen molar-refractivity contribution in [1.29, 1.82) is 0 Å². The number of carbonyl (C=O) groups excluding carboxylic acids is 2. The van der Waals surface area contributed by atoms with Gasteiger partial charge in [-0.3, -0.25) is 4.79 Å². The van der Waals surface area contributed by atoms with Gasteiger partial charge in [0.05, 0.1) is 0 Å². The van der Waals surface area contributed by atoms with Crippen LogP contribution in [0.2, 0.25) is 0 Å². The molecule has 2 amide bonds. The number of aliphatic carboxylic acids is 1. The summed E-state index contributed by atoms with van der Waals surface area (Å²) in [6.45, 7) is 4.07. The number of carboxylic acid groups (broad SMARTS) is 1. The molecule has 174 valence electrons. The maximum Gasteiger partial charge on any atom is 0.407 e. The quantitative estimate of drug-likeness (QED) is 0.537. The highest BCUT2D eigenvalue weighted by Crippen LogP contribution is 2.44. The lowest BCUT2D eigenvalue weighted by Crippen LogP contribution is -2.54. The second kappa shape index (κ2) is 9.25. The third-order valence-corrected chi connectivity index (χ3v) is 7.09. The number of carbonyl (C=O) groups is 3. The van der Waals surface area contributed by atoms with E-state index in [-0.39, 0.29) is 30.3 Å². The van der Waals surface area contributed by atoms with Crippen LogP contribution in [0.4, 0.5) is 4.79 Å². The third-order valence-electron chi connectivity index (χ3n) is 7.09. The zero-order valence-corrected chi connectivity index (χ0v) is 19.0. The fourth-order valence-electron chi connectivity index (χ4n) is 4.77. The molecule has 0 bridgehead atoms. The molecule has 2 aliphatic carbocycles. The number of alkyl carbamates (subject to hydrolysis) is 1. The lowest BCUT2D eigenvalue weighted by Gasteiger charge is -2.28. The summed E-state index contributed by atoms with van der Waals surface area (Å²) in [4.78, 5) is 36.5. The smallest absolute Gasteiger partial charge is 0.407 e. The van der Waals surface area contributed by atoms with E-state index in [4.69, 9.17) is 4.74 Å². The van der Waals surface area contributed by atoms with Crippen molar-refractivity contribution in [2.75, 3.05) is 13.2 Å². The van der Waals surface area contributed by atoms with Gasteiger partial charge >= 0.3 is 12.1 Å². The Bertz CT molecular complexity index is 1020. The SMILES string of the molecule is CCC(CC)(NC(=O)C1CC1CNC(=O)OCC1c2ccccc2-c2ccccc21)C(=O)O. The van der Waals surface area contributed by atoms with Crippen molar-refractivity contribution < 1.29 is 24.2 Å². The van der Waals surface area contributed by atoms with Crippen LogP contribution in [0.1, 0.15) is 50.2 Å². The number of rotatable bonds is 9. The number of fused-ring (bicyclic) bond motifs is 3. The minimum Gasteiger partial charge on any atom is -0.480 e. The summed E-state index contributed by atoms with van der Waals surface area (Å²) in [6, 6.07) is 16.3. The molecular formula is C26H30N2O5. The van der Waals surface area contributed by atoms with E-state index in [0.717, 1.165) is 11.1 Å². The van der Waals surface area contributed by atoms with Crippen LogP contribution in [0.5, 0.6) is 0 Å². The van der Waals surface area contributed by atoms with E-state index in [1.54, 1.807) is 13.8 Å². The van der Waals surface area contributed by atoms with E-state index in [2.05, 4.69) is 34.9 Å². The molecule has 0 spiro atoms. The van der Waals surface area contributed by atoms with Crippen molar-refractivity contribution in [1.82, 2.24) is 10.6 Å². The molecule has 1 saturated carbocycles. The Hall–Kier alpha value is -3.35. The first-order chi connectivity index (χ1) is 15.9. The Morgan fingerprint density at radius 3 is 2.12 bits per heavy atom. The molecule has 2 aromatic rings. The molecule has 1 fully saturated rings. The molecular weight excluding hydrogens is 420 g/mol. The maximum absolute atomic E-state index is 12.5. The summed E-state index contributed by atoms with van der Waals surface area (Å²) < 4.78 is 5.53. The zero-order chi connectivity index (χ0) is 23.6. The predicted molar refractivity (Wildman–Crippen MR) is 124 cm³/mol. The second-order valence-electron chi connectivity index (χ2n) is 8.89. The van der Waals surface area contributed by atoms with Crippen molar-refractivity contribution in [3.05, 3.63) is 59.7 Å². The number of hydrogen-bond donors (Lipinski definition) is 3. The standard InChI is InChI=1S/C26H30N2O5/c1-3-26(4-2,24(30)31)28-23(29)21-13-16(21)14-27-25(32)33-15-22-19-11-7-5-9-17(19)18-10-6-8-12-20(18)22/h5-12,16,21-22H,3-4,13-15H2,1-2H3,(H,27,32)(H,28,29)(H,30,31). The molecule has 7 nitrogen and oxygen atoms in total. The van der Waals surface area contributed by atoms with Gasteiger partial charge in [0.25, 0.3) is 0 Å². The molecule has 2 aliphatic rings. The molecule has 33 heavy (non-hydrogen) atoms. The highest BCUT2D eigenvalue weighted by atomic mass is 16.5. The Morgan fingerprint density at radius 1 is 1.00 bits per heavy atom. The number of benzene rings is 2. The zero-order valence-electron chi connectivity index (χ0n) is 19.0. The van der Waals surface area contributed by atoms with E-state index in [1.165, 1.54) is 11.1 Å². The minimum absolute atomic E-state index is 0.00479. The predicted octanol–water partition coefficient (Wildman–Crippen LogP) is 3.92. The normalized spacial score (nSPS) is 18.7. The van der Waals surface area contributed by atoms with Gasteiger partial charge < -0.3 is 20.5 Å². The molecule has 3 N–H and O–H groups in total. The van der Waals surface area contributed by atoms with Crippen molar-refractivity contribution in [3.63, 3.8) is 0 Å². The van der Waals surface area contributed by atoms with Crippen LogP contribution in [-0.4, -0.2) is 41.8 Å². The lowest BCUT2D eigenvalue weighted by molar-refractivity contribution is -0.148. The molecule has 2 aromatic carbocycles. The average Bonchev–Trinajstić information content (AvgIpc) is 3.55. The summed E-state index contributed by atoms with van der Waals surface area (Å²) in [7, 11) is 0. The van der Waals surface area contributed by atoms with Crippen molar-refractivity contribution in [3.8, 4) is 11.1 Å². The highest BCUT2D eigenvalue weighted by Gasteiger charge is 2.46. The molecule has 7 heteroatoms. The van der Waals surface area contributed by atoms with Crippen LogP contribution >= 0.6 is 0 Å². The Labute approximate surface area is 193 Å². The Morgan fingerprint density at radius 2 is 1.58 bits per heavy atom. The van der Waals surface area contributed by atoms with Gasteiger partial charge in [0.2, 0.25) is 5.91 Å². The van der Waals surface area contributed by atoms with E-state index in [1.807, 2.05) is 24.3 Å². The monoisotopic (exact) mass is 450 g/mol. The van der Waals surface area contributed by atoms with Crippen LogP contribution < -0.4 is 10.6 Å². The number of ether oxygens (including phenoxy) is 1. The van der Waals surface area contributed by atoms with Crippen molar-refractivity contribution in [2.45, 2.75) is 44.6 Å². The van der Waals surface area contributed by atoms with E-state index >= 15 is 0 Å². The summed E-state index contributed by atoms with van der Waals surface area (Å²) in [5.74, 6) is -1.58. The minimum atomic E-state index is -1.23. The largest absolute Gasteiger partial charge is 0.480 e. The van der Waals surface area contributed by atoms with E-state index in [9.17, 15) is 19.5 Å². The van der Waals surface area contributed by atoms with Gasteiger partial charge in [-0.2, -0.15) is 0 Å². The summed E-state index contributed by atoms with van der Waals surface area (Å²) in [5, 5.41) is 15.0. The van der Waals surface area contributed by atoms with Gasteiger partial charge in [-0.05, 0) is 47.4 Å². The summed E-state index contributed by atoms with van der Waals surface area (Å²) >= 11 is 0. The number of hydrogen-bond acceptors (Lipinski definition) is 4. The summed E-state index contributed by atoms with van der Waals surface area (Å²) in [6.07, 6.45) is 0.753. The van der Waals surface area contributed by atoms with Crippen molar-refractivity contribution in [2.24, 2.45) is 11.8 Å². The highest BCUT2D eigenvalue weighted by molar-refractivity contribution is 5.89. The van der Waals surface area contributed by atoms with Crippen LogP contribution in [0.25, 0.3) is 11.1 Å². The van der Waals surface area contributed by atoms with Gasteiger partial charge in [0, 0.05) is 18.4 Å². The molecule has 2 unspecified atom stereocenters. The molecule has 0 aromatic heterocycles. The number of carboxylic acids is 1. The number of amides is 2. The maximum atomic E-state index is 12.5. The lowest BCUT2D eigenvalue weighted by atomic mass is 9.92. The Balaban J connectivity index is 1.27. The molecule has 2 atom stereocenters. The van der Waals surface area contributed by atoms with Gasteiger partial charge in [-0.1, -0.05) is 62.4 Å². The fraction of sp³-hybridized carbons (Fsp3) is 0.423. The van der Waals surface area contributed by atoms with Gasteiger partial charge in [0.15, 0.2) is 0 Å². The van der Waals surface area contributed by atoms with E-state index in [0.29, 0.717) is 25.8 Å². The molecule has 0 saturated heterocycles. The molecule has 0 heterocycles.